The molecule has 1 saturated carbocycles. The number of benzene rings is 1. The highest BCUT2D eigenvalue weighted by atomic mass is 16.2. The molecule has 6 rings (SSSR count). The van der Waals surface area contributed by atoms with E-state index in [9.17, 15) is 9.59 Å². The van der Waals surface area contributed by atoms with Gasteiger partial charge in [-0.25, -0.2) is 0 Å². The third kappa shape index (κ3) is 2.42. The normalized spacial score (nSPS) is 28.6. The van der Waals surface area contributed by atoms with E-state index in [4.69, 9.17) is 0 Å². The van der Waals surface area contributed by atoms with Gasteiger partial charge in [0.2, 0.25) is 0 Å². The largest absolute Gasteiger partial charge is 0.318 e. The van der Waals surface area contributed by atoms with E-state index in [-0.39, 0.29) is 35.5 Å². The number of nitrogens with zero attached hydrogens (tertiary/aromatic N) is 3. The number of carbonyl (C=O) groups excluding carboxylic acids is 2. The van der Waals surface area contributed by atoms with Crippen LogP contribution in [0.15, 0.2) is 53.7 Å². The van der Waals surface area contributed by atoms with Crippen LogP contribution in [-0.4, -0.2) is 27.6 Å². The van der Waals surface area contributed by atoms with Crippen LogP contribution < -0.4 is 0 Å². The first kappa shape index (κ1) is 17.2. The molecule has 3 aliphatic carbocycles. The Labute approximate surface area is 164 Å². The van der Waals surface area contributed by atoms with Crippen molar-refractivity contribution in [3.8, 4) is 5.69 Å². The van der Waals surface area contributed by atoms with Crippen molar-refractivity contribution >= 4 is 18.0 Å². The predicted molar refractivity (Wildman–Crippen MR) is 107 cm³/mol. The van der Waals surface area contributed by atoms with E-state index >= 15 is 0 Å². The van der Waals surface area contributed by atoms with Crippen molar-refractivity contribution in [2.75, 3.05) is 0 Å². The summed E-state index contributed by atoms with van der Waals surface area (Å²) in [5.41, 5.74) is 4.11. The van der Waals surface area contributed by atoms with Gasteiger partial charge in [-0.2, -0.15) is 10.1 Å². The lowest BCUT2D eigenvalue weighted by molar-refractivity contribution is -0.140. The summed E-state index contributed by atoms with van der Waals surface area (Å²) in [7, 11) is 0. The molecule has 1 aromatic carbocycles. The molecular formula is C23H23N3O2. The van der Waals surface area contributed by atoms with Crippen molar-refractivity contribution in [2.24, 2.45) is 28.8 Å². The van der Waals surface area contributed by atoms with Crippen molar-refractivity contribution in [3.05, 3.63) is 65.5 Å². The first-order valence-corrected chi connectivity index (χ1v) is 9.91. The molecule has 0 spiro atoms. The van der Waals surface area contributed by atoms with Gasteiger partial charge < -0.3 is 4.57 Å². The smallest absolute Gasteiger partial charge is 0.254 e. The molecule has 1 saturated heterocycles. The summed E-state index contributed by atoms with van der Waals surface area (Å²) in [5, 5.41) is 5.48. The van der Waals surface area contributed by atoms with Crippen LogP contribution >= 0.6 is 0 Å². The lowest BCUT2D eigenvalue weighted by atomic mass is 9.63. The lowest BCUT2D eigenvalue weighted by Crippen LogP contribution is -2.38. The van der Waals surface area contributed by atoms with Gasteiger partial charge in [0.1, 0.15) is 0 Å². The molecule has 4 atom stereocenters. The molecule has 0 N–H and O–H groups in total. The number of hydrazone groups is 1. The fourth-order valence-corrected chi connectivity index (χ4v) is 5.18. The number of aryl methyl sites for hydroxylation is 1. The number of carbonyl (C=O) groups is 2. The number of fused-ring (bicyclic) bond motifs is 1. The molecule has 2 amide bonds. The topological polar surface area (TPSA) is 54.7 Å². The molecule has 4 aliphatic rings. The number of imide groups is 1. The van der Waals surface area contributed by atoms with Gasteiger partial charge in [-0.3, -0.25) is 9.59 Å². The maximum Gasteiger partial charge on any atom is 0.254 e. The Balaban J connectivity index is 1.45. The fourth-order valence-electron chi connectivity index (χ4n) is 5.18. The summed E-state index contributed by atoms with van der Waals surface area (Å²) in [6, 6.07) is 12.2. The number of rotatable bonds is 3. The van der Waals surface area contributed by atoms with Crippen LogP contribution in [0.3, 0.4) is 0 Å². The van der Waals surface area contributed by atoms with E-state index in [1.54, 1.807) is 6.21 Å². The van der Waals surface area contributed by atoms with Gasteiger partial charge in [-0.05, 0) is 56.7 Å². The van der Waals surface area contributed by atoms with Gasteiger partial charge in [0, 0.05) is 22.6 Å². The van der Waals surface area contributed by atoms with Gasteiger partial charge in [0.25, 0.3) is 11.8 Å². The molecule has 2 fully saturated rings. The van der Waals surface area contributed by atoms with E-state index in [2.05, 4.69) is 34.0 Å². The minimum atomic E-state index is -0.217. The van der Waals surface area contributed by atoms with Crippen LogP contribution in [-0.2, 0) is 9.59 Å². The zero-order chi connectivity index (χ0) is 19.4. The van der Waals surface area contributed by atoms with Gasteiger partial charge >= 0.3 is 0 Å². The number of hydrogen-bond acceptors (Lipinski definition) is 3. The fraction of sp³-hybridized carbons (Fsp3) is 0.348. The summed E-state index contributed by atoms with van der Waals surface area (Å²) in [4.78, 5) is 25.8. The third-order valence-electron chi connectivity index (χ3n) is 6.53. The third-order valence-corrected chi connectivity index (χ3v) is 6.53. The Kier molecular flexibility index (Phi) is 3.86. The molecular weight excluding hydrogens is 350 g/mol. The van der Waals surface area contributed by atoms with Gasteiger partial charge in [0.05, 0.1) is 18.1 Å². The van der Waals surface area contributed by atoms with E-state index in [0.717, 1.165) is 40.5 Å². The second-order valence-corrected chi connectivity index (χ2v) is 8.07. The number of amides is 2. The quantitative estimate of drug-likeness (QED) is 0.469. The first-order chi connectivity index (χ1) is 13.6. The van der Waals surface area contributed by atoms with Crippen LogP contribution in [0.4, 0.5) is 0 Å². The standard InChI is InChI=1S/C23H23N3O2/c1-14-12-18(15(2)25(14)19-6-4-3-5-7-19)13-24-26-22(27)20-16-8-9-17(11-10-16)21(20)23(26)28/h3-9,12-13,16-17,20-21H,10-11H2,1-2H3/b24-13-/t16-,17-,20-,21-/m0/s1. The monoisotopic (exact) mass is 373 g/mol. The second kappa shape index (κ2) is 6.30. The maximum absolute atomic E-state index is 12.9. The van der Waals surface area contributed by atoms with Crippen LogP contribution in [0.2, 0.25) is 0 Å². The Morgan fingerprint density at radius 3 is 2.14 bits per heavy atom. The van der Waals surface area contributed by atoms with Gasteiger partial charge in [-0.15, -0.1) is 0 Å². The highest BCUT2D eigenvalue weighted by Crippen LogP contribution is 2.49. The van der Waals surface area contributed by atoms with E-state index in [1.165, 1.54) is 0 Å². The SMILES string of the molecule is Cc1cc(/C=N\N2C(=O)[C@@H]3[C@@H](C2=O)[C@H]2C=C[C@H]3CC2)c(C)n1-c1ccccc1. The zero-order valence-corrected chi connectivity index (χ0v) is 16.1. The van der Waals surface area contributed by atoms with Gasteiger partial charge in [-0.1, -0.05) is 30.4 Å². The van der Waals surface area contributed by atoms with E-state index < -0.39 is 0 Å². The van der Waals surface area contributed by atoms with Crippen LogP contribution in [0.25, 0.3) is 5.69 Å². The van der Waals surface area contributed by atoms with Gasteiger partial charge in [0.15, 0.2) is 0 Å². The summed E-state index contributed by atoms with van der Waals surface area (Å²) >= 11 is 0. The lowest BCUT2D eigenvalue weighted by Gasteiger charge is -2.37. The van der Waals surface area contributed by atoms with Crippen molar-refractivity contribution in [1.29, 1.82) is 0 Å². The number of allylic oxidation sites excluding steroid dienone is 2. The second-order valence-electron chi connectivity index (χ2n) is 8.07. The van der Waals surface area contributed by atoms with Crippen LogP contribution in [0, 0.1) is 37.5 Å². The minimum Gasteiger partial charge on any atom is -0.318 e. The predicted octanol–water partition coefficient (Wildman–Crippen LogP) is 3.63. The molecule has 1 aliphatic heterocycles. The molecule has 28 heavy (non-hydrogen) atoms. The Morgan fingerprint density at radius 2 is 1.57 bits per heavy atom. The Hall–Kier alpha value is -2.95. The van der Waals surface area contributed by atoms with Crippen molar-refractivity contribution in [2.45, 2.75) is 26.7 Å². The molecule has 5 heteroatoms. The number of aromatic nitrogens is 1. The average molecular weight is 373 g/mol. The summed E-state index contributed by atoms with van der Waals surface area (Å²) in [5.74, 6) is -0.329. The molecule has 142 valence electrons. The molecule has 2 bridgehead atoms. The van der Waals surface area contributed by atoms with Crippen LogP contribution in [0.5, 0.6) is 0 Å². The highest BCUT2D eigenvalue weighted by molar-refractivity contribution is 6.06. The summed E-state index contributed by atoms with van der Waals surface area (Å²) in [6.45, 7) is 4.07. The number of para-hydroxylation sites is 1. The van der Waals surface area contributed by atoms with Crippen LogP contribution in [0.1, 0.15) is 29.8 Å². The van der Waals surface area contributed by atoms with Crippen molar-refractivity contribution < 1.29 is 9.59 Å². The molecule has 2 aromatic rings. The molecule has 0 unspecified atom stereocenters. The number of hydrogen-bond donors (Lipinski definition) is 0. The van der Waals surface area contributed by atoms with Crippen molar-refractivity contribution in [1.82, 2.24) is 9.58 Å². The van der Waals surface area contributed by atoms with E-state index in [1.807, 2.05) is 38.1 Å². The molecule has 1 aromatic heterocycles. The zero-order valence-electron chi connectivity index (χ0n) is 16.1. The highest BCUT2D eigenvalue weighted by Gasteiger charge is 2.56. The maximum atomic E-state index is 12.9. The Morgan fingerprint density at radius 1 is 0.964 bits per heavy atom. The average Bonchev–Trinajstić information content (AvgIpc) is 3.16. The van der Waals surface area contributed by atoms with E-state index in [0.29, 0.717) is 0 Å². The molecule has 2 heterocycles. The summed E-state index contributed by atoms with van der Waals surface area (Å²) < 4.78 is 2.15. The minimum absolute atomic E-state index is 0.137. The summed E-state index contributed by atoms with van der Waals surface area (Å²) in [6.07, 6.45) is 7.90. The first-order valence-electron chi connectivity index (χ1n) is 9.91. The Bertz CT molecular complexity index is 986. The molecule has 0 radical (unpaired) electrons. The molecule has 5 nitrogen and oxygen atoms in total. The van der Waals surface area contributed by atoms with Crippen molar-refractivity contribution in [3.63, 3.8) is 0 Å².